The molecule has 0 aromatic rings. The number of ether oxygens (including phenoxy) is 2. The van der Waals surface area contributed by atoms with Gasteiger partial charge in [0.05, 0.1) is 12.2 Å². The molecule has 0 saturated heterocycles. The molecule has 0 fully saturated rings. The van der Waals surface area contributed by atoms with Crippen molar-refractivity contribution in [2.24, 2.45) is 0 Å². The molecule has 0 spiro atoms. The van der Waals surface area contributed by atoms with Gasteiger partial charge in [-0.1, -0.05) is 72.6 Å². The Kier molecular flexibility index (Phi) is 13.3. The molecule has 0 rings (SSSR count). The summed E-state index contributed by atoms with van der Waals surface area (Å²) in [6, 6.07) is 0. The Hall–Kier alpha value is -1.30. The Balaban J connectivity index is 6.23. The number of hydrogen-bond donors (Lipinski definition) is 2. The third kappa shape index (κ3) is 9.23. The fourth-order valence-corrected chi connectivity index (χ4v) is 3.60. The van der Waals surface area contributed by atoms with Gasteiger partial charge in [0.1, 0.15) is 5.60 Å². The molecule has 178 valence electrons. The lowest BCUT2D eigenvalue weighted by molar-refractivity contribution is -0.169. The summed E-state index contributed by atoms with van der Waals surface area (Å²) in [4.78, 5) is 26.3. The van der Waals surface area contributed by atoms with Crippen molar-refractivity contribution in [3.8, 4) is 0 Å². The van der Waals surface area contributed by atoms with Gasteiger partial charge in [0.25, 0.3) is 0 Å². The molecule has 6 nitrogen and oxygen atoms in total. The predicted octanol–water partition coefficient (Wildman–Crippen LogP) is 5.89. The lowest BCUT2D eigenvalue weighted by atomic mass is 9.70. The van der Waals surface area contributed by atoms with E-state index in [4.69, 9.17) is 9.47 Å². The Labute approximate surface area is 184 Å². The second-order valence-electron chi connectivity index (χ2n) is 9.36. The van der Waals surface area contributed by atoms with E-state index in [1.54, 1.807) is 20.8 Å². The van der Waals surface area contributed by atoms with Gasteiger partial charge < -0.3 is 19.9 Å². The average Bonchev–Trinajstić information content (AvgIpc) is 2.66. The SMILES string of the molecule is CCCCOC(=O)[C@@](CCCC)(NC(=O)OC(C)(C)C)C(O)(CCCC)CCCC. The van der Waals surface area contributed by atoms with Crippen LogP contribution in [-0.4, -0.2) is 40.5 Å². The van der Waals surface area contributed by atoms with Crippen molar-refractivity contribution in [2.75, 3.05) is 6.61 Å². The Morgan fingerprint density at radius 1 is 0.800 bits per heavy atom. The van der Waals surface area contributed by atoms with E-state index in [9.17, 15) is 14.7 Å². The smallest absolute Gasteiger partial charge is 0.408 e. The lowest BCUT2D eigenvalue weighted by Crippen LogP contribution is -2.69. The number of nitrogens with one attached hydrogen (secondary N) is 1. The number of carbonyl (C=O) groups excluding carboxylic acids is 2. The maximum atomic E-state index is 13.5. The number of aliphatic hydroxyl groups is 1. The highest BCUT2D eigenvalue weighted by atomic mass is 16.6. The standard InChI is InChI=1S/C24H47NO5/c1-8-12-16-23(28,17-13-9-2)24(18-14-10-3,20(26)29-19-15-11-4)25-21(27)30-22(5,6)7/h28H,8-19H2,1-7H3,(H,25,27)/t24-/m1/s1. The summed E-state index contributed by atoms with van der Waals surface area (Å²) in [6.07, 6.45) is 6.89. The van der Waals surface area contributed by atoms with Crippen molar-refractivity contribution < 1.29 is 24.2 Å². The van der Waals surface area contributed by atoms with Crippen LogP contribution in [0.2, 0.25) is 0 Å². The van der Waals surface area contributed by atoms with E-state index in [1.165, 1.54) is 0 Å². The molecule has 0 saturated carbocycles. The van der Waals surface area contributed by atoms with Crippen LogP contribution in [0.1, 0.15) is 119 Å². The summed E-state index contributed by atoms with van der Waals surface area (Å²) in [5, 5.41) is 14.7. The number of amides is 1. The first-order chi connectivity index (χ1) is 14.0. The number of rotatable bonds is 15. The quantitative estimate of drug-likeness (QED) is 0.250. The normalized spacial score (nSPS) is 14.1. The Morgan fingerprint density at radius 2 is 1.27 bits per heavy atom. The molecule has 1 atom stereocenters. The van der Waals surface area contributed by atoms with Crippen molar-refractivity contribution in [2.45, 2.75) is 136 Å². The molecule has 6 heteroatoms. The third-order valence-electron chi connectivity index (χ3n) is 5.38. The molecule has 0 heterocycles. The van der Waals surface area contributed by atoms with Gasteiger partial charge in [0.15, 0.2) is 5.54 Å². The minimum atomic E-state index is -1.52. The van der Waals surface area contributed by atoms with Crippen LogP contribution in [0.15, 0.2) is 0 Å². The molecule has 0 radical (unpaired) electrons. The monoisotopic (exact) mass is 429 g/mol. The molecular weight excluding hydrogens is 382 g/mol. The van der Waals surface area contributed by atoms with Crippen LogP contribution in [-0.2, 0) is 14.3 Å². The summed E-state index contributed by atoms with van der Waals surface area (Å²) in [7, 11) is 0. The van der Waals surface area contributed by atoms with Crippen LogP contribution in [0.25, 0.3) is 0 Å². The second kappa shape index (κ2) is 13.9. The average molecular weight is 430 g/mol. The number of esters is 1. The van der Waals surface area contributed by atoms with Crippen molar-refractivity contribution in [1.82, 2.24) is 5.32 Å². The summed E-state index contributed by atoms with van der Waals surface area (Å²) in [6.45, 7) is 13.8. The fourth-order valence-electron chi connectivity index (χ4n) is 3.60. The predicted molar refractivity (Wildman–Crippen MR) is 121 cm³/mol. The summed E-state index contributed by atoms with van der Waals surface area (Å²) in [5.74, 6) is -0.551. The number of carbonyl (C=O) groups is 2. The maximum Gasteiger partial charge on any atom is 0.408 e. The van der Waals surface area contributed by atoms with Crippen LogP contribution in [0.3, 0.4) is 0 Å². The van der Waals surface area contributed by atoms with E-state index in [1.807, 2.05) is 13.8 Å². The van der Waals surface area contributed by atoms with Crippen molar-refractivity contribution in [3.63, 3.8) is 0 Å². The van der Waals surface area contributed by atoms with Gasteiger partial charge in [-0.3, -0.25) is 0 Å². The van der Waals surface area contributed by atoms with E-state index >= 15 is 0 Å². The first-order valence-corrected chi connectivity index (χ1v) is 11.9. The minimum Gasteiger partial charge on any atom is -0.464 e. The highest BCUT2D eigenvalue weighted by molar-refractivity contribution is 5.87. The summed E-state index contributed by atoms with van der Waals surface area (Å²) >= 11 is 0. The molecule has 0 aromatic carbocycles. The largest absolute Gasteiger partial charge is 0.464 e. The molecule has 2 N–H and O–H groups in total. The number of unbranched alkanes of at least 4 members (excludes halogenated alkanes) is 4. The van der Waals surface area contributed by atoms with E-state index in [0.717, 1.165) is 44.9 Å². The molecule has 30 heavy (non-hydrogen) atoms. The van der Waals surface area contributed by atoms with E-state index < -0.39 is 28.8 Å². The zero-order chi connectivity index (χ0) is 23.3. The molecule has 1 amide bonds. The zero-order valence-electron chi connectivity index (χ0n) is 20.6. The lowest BCUT2D eigenvalue weighted by Gasteiger charge is -2.46. The van der Waals surface area contributed by atoms with Crippen LogP contribution < -0.4 is 5.32 Å². The van der Waals surface area contributed by atoms with Crippen LogP contribution in [0, 0.1) is 0 Å². The van der Waals surface area contributed by atoms with E-state index in [2.05, 4.69) is 19.2 Å². The van der Waals surface area contributed by atoms with Gasteiger partial charge in [0, 0.05) is 0 Å². The van der Waals surface area contributed by atoms with Gasteiger partial charge in [-0.2, -0.15) is 0 Å². The van der Waals surface area contributed by atoms with Gasteiger partial charge in [0.2, 0.25) is 0 Å². The Bertz CT molecular complexity index is 492. The highest BCUT2D eigenvalue weighted by Gasteiger charge is 2.57. The van der Waals surface area contributed by atoms with Crippen molar-refractivity contribution >= 4 is 12.1 Å². The zero-order valence-corrected chi connectivity index (χ0v) is 20.6. The number of hydrogen-bond acceptors (Lipinski definition) is 5. The molecule has 0 aliphatic heterocycles. The maximum absolute atomic E-state index is 13.5. The second-order valence-corrected chi connectivity index (χ2v) is 9.36. The van der Waals surface area contributed by atoms with Gasteiger partial charge in [-0.25, -0.2) is 9.59 Å². The van der Waals surface area contributed by atoms with Crippen LogP contribution in [0.5, 0.6) is 0 Å². The van der Waals surface area contributed by atoms with E-state index in [0.29, 0.717) is 25.7 Å². The first-order valence-electron chi connectivity index (χ1n) is 11.9. The van der Waals surface area contributed by atoms with Crippen molar-refractivity contribution in [3.05, 3.63) is 0 Å². The van der Waals surface area contributed by atoms with Crippen LogP contribution >= 0.6 is 0 Å². The Morgan fingerprint density at radius 3 is 1.70 bits per heavy atom. The van der Waals surface area contributed by atoms with Gasteiger partial charge in [-0.05, 0) is 46.5 Å². The summed E-state index contributed by atoms with van der Waals surface area (Å²) < 4.78 is 11.1. The molecular formula is C24H47NO5. The van der Waals surface area contributed by atoms with E-state index in [-0.39, 0.29) is 6.61 Å². The minimum absolute atomic E-state index is 0.275. The van der Waals surface area contributed by atoms with Crippen molar-refractivity contribution in [1.29, 1.82) is 0 Å². The van der Waals surface area contributed by atoms with Crippen LogP contribution in [0.4, 0.5) is 4.79 Å². The molecule has 0 unspecified atom stereocenters. The van der Waals surface area contributed by atoms with Gasteiger partial charge >= 0.3 is 12.1 Å². The topological polar surface area (TPSA) is 84.9 Å². The third-order valence-corrected chi connectivity index (χ3v) is 5.38. The first kappa shape index (κ1) is 28.7. The van der Waals surface area contributed by atoms with Gasteiger partial charge in [-0.15, -0.1) is 0 Å². The summed E-state index contributed by atoms with van der Waals surface area (Å²) in [5.41, 5.74) is -3.63. The molecule has 0 bridgehead atoms. The number of alkyl carbamates (subject to hydrolysis) is 1. The molecule has 0 aliphatic carbocycles. The highest BCUT2D eigenvalue weighted by Crippen LogP contribution is 2.38. The molecule has 0 aromatic heterocycles. The molecule has 0 aliphatic rings. The fraction of sp³-hybridized carbons (Fsp3) is 0.917.